The van der Waals surface area contributed by atoms with Gasteiger partial charge in [-0.2, -0.15) is 0 Å². The Morgan fingerprint density at radius 1 is 1.69 bits per heavy atom. The van der Waals surface area contributed by atoms with Crippen molar-refractivity contribution < 1.29 is 9.63 Å². The third kappa shape index (κ3) is 1.49. The molecule has 0 aromatic heterocycles. The Labute approximate surface area is 76.8 Å². The van der Waals surface area contributed by atoms with E-state index in [1.807, 2.05) is 0 Å². The van der Waals surface area contributed by atoms with E-state index in [1.165, 1.54) is 0 Å². The van der Waals surface area contributed by atoms with Crippen LogP contribution in [-0.2, 0) is 9.63 Å². The maximum absolute atomic E-state index is 11.3. The van der Waals surface area contributed by atoms with Crippen LogP contribution in [-0.4, -0.2) is 42.6 Å². The van der Waals surface area contributed by atoms with E-state index in [2.05, 4.69) is 16.6 Å². The minimum atomic E-state index is 0.00446. The number of nitrogens with zero attached hydrogens (tertiary/aromatic N) is 2. The Morgan fingerprint density at radius 3 is 3.15 bits per heavy atom. The van der Waals surface area contributed by atoms with Crippen LogP contribution in [0.25, 0.3) is 0 Å². The molecule has 70 valence electrons. The molecule has 2 unspecified atom stereocenters. The molecule has 0 aliphatic carbocycles. The van der Waals surface area contributed by atoms with Crippen molar-refractivity contribution in [3.05, 3.63) is 12.7 Å². The summed E-state index contributed by atoms with van der Waals surface area (Å²) in [6, 6.07) is 0. The minimum Gasteiger partial charge on any atom is -0.392 e. The second kappa shape index (κ2) is 3.30. The molecule has 0 amide bonds. The lowest BCUT2D eigenvalue weighted by atomic mass is 10.0. The molecule has 2 fully saturated rings. The van der Waals surface area contributed by atoms with Crippen molar-refractivity contribution in [1.29, 1.82) is 0 Å². The van der Waals surface area contributed by atoms with Gasteiger partial charge in [-0.05, 0) is 0 Å². The molecule has 2 aliphatic rings. The number of carbonyl (C=O) groups excluding carboxylic acids is 1. The van der Waals surface area contributed by atoms with Gasteiger partial charge in [0.15, 0.2) is 5.78 Å². The molecular formula is C9H12N2O2. The van der Waals surface area contributed by atoms with Gasteiger partial charge < -0.3 is 4.84 Å². The maximum Gasteiger partial charge on any atom is 0.156 e. The van der Waals surface area contributed by atoms with Crippen molar-refractivity contribution in [2.45, 2.75) is 0 Å². The summed E-state index contributed by atoms with van der Waals surface area (Å²) in [7, 11) is 0. The first kappa shape index (κ1) is 8.44. The summed E-state index contributed by atoms with van der Waals surface area (Å²) in [5, 5.41) is 3.93. The highest BCUT2D eigenvalue weighted by Crippen LogP contribution is 2.22. The van der Waals surface area contributed by atoms with Gasteiger partial charge in [-0.25, -0.2) is 0 Å². The first-order valence-electron chi connectivity index (χ1n) is 4.36. The first-order valence-corrected chi connectivity index (χ1v) is 4.36. The number of rotatable bonds is 3. The van der Waals surface area contributed by atoms with Crippen molar-refractivity contribution in [2.75, 3.05) is 26.2 Å². The van der Waals surface area contributed by atoms with Gasteiger partial charge in [0.2, 0.25) is 0 Å². The van der Waals surface area contributed by atoms with Gasteiger partial charge in [-0.1, -0.05) is 17.8 Å². The fraction of sp³-hybridized carbons (Fsp3) is 0.556. The van der Waals surface area contributed by atoms with Crippen LogP contribution in [0.2, 0.25) is 0 Å². The molecule has 0 radical (unpaired) electrons. The molecule has 2 atom stereocenters. The van der Waals surface area contributed by atoms with Gasteiger partial charge in [0, 0.05) is 13.1 Å². The second-order valence-electron chi connectivity index (χ2n) is 3.36. The van der Waals surface area contributed by atoms with E-state index in [-0.39, 0.29) is 11.7 Å². The third-order valence-electron chi connectivity index (χ3n) is 2.37. The van der Waals surface area contributed by atoms with E-state index in [0.29, 0.717) is 13.2 Å². The number of ketones is 1. The molecule has 0 saturated carbocycles. The zero-order chi connectivity index (χ0) is 9.26. The van der Waals surface area contributed by atoms with Crippen molar-refractivity contribution >= 4 is 11.5 Å². The van der Waals surface area contributed by atoms with Crippen molar-refractivity contribution in [3.63, 3.8) is 0 Å². The van der Waals surface area contributed by atoms with Crippen LogP contribution in [0.1, 0.15) is 0 Å². The number of carbonyl (C=O) groups is 1. The molecule has 0 N–H and O–H groups in total. The number of hydrogen-bond donors (Lipinski definition) is 0. The summed E-state index contributed by atoms with van der Waals surface area (Å²) >= 11 is 0. The van der Waals surface area contributed by atoms with Gasteiger partial charge in [0.25, 0.3) is 0 Å². The fourth-order valence-corrected chi connectivity index (χ4v) is 1.77. The van der Waals surface area contributed by atoms with Crippen molar-refractivity contribution in [3.8, 4) is 0 Å². The molecule has 4 heteroatoms. The lowest BCUT2D eigenvalue weighted by Gasteiger charge is -2.11. The van der Waals surface area contributed by atoms with Gasteiger partial charge >= 0.3 is 0 Å². The first-order chi connectivity index (χ1) is 6.31. The topological polar surface area (TPSA) is 41.9 Å². The summed E-state index contributed by atoms with van der Waals surface area (Å²) in [5.41, 5.74) is 0.873. The van der Waals surface area contributed by atoms with Gasteiger partial charge in [-0.15, -0.1) is 0 Å². The normalized spacial score (nSPS) is 34.2. The smallest absolute Gasteiger partial charge is 0.156 e. The summed E-state index contributed by atoms with van der Waals surface area (Å²) in [4.78, 5) is 18.3. The molecule has 0 aromatic rings. The van der Waals surface area contributed by atoms with E-state index in [1.54, 1.807) is 6.08 Å². The third-order valence-corrected chi connectivity index (χ3v) is 2.37. The molecular weight excluding hydrogens is 168 g/mol. The molecule has 0 spiro atoms. The van der Waals surface area contributed by atoms with E-state index < -0.39 is 0 Å². The SMILES string of the molecule is C=CCON=C1CN2CC(=O)C1C2. The van der Waals surface area contributed by atoms with E-state index in [0.717, 1.165) is 18.8 Å². The van der Waals surface area contributed by atoms with Crippen LogP contribution >= 0.6 is 0 Å². The Bertz CT molecular complexity index is 273. The largest absolute Gasteiger partial charge is 0.392 e. The highest BCUT2D eigenvalue weighted by molar-refractivity contribution is 6.11. The Morgan fingerprint density at radius 2 is 2.54 bits per heavy atom. The Balaban J connectivity index is 1.98. The zero-order valence-corrected chi connectivity index (χ0v) is 7.40. The molecule has 4 nitrogen and oxygen atoms in total. The van der Waals surface area contributed by atoms with Crippen LogP contribution < -0.4 is 0 Å². The minimum absolute atomic E-state index is 0.00446. The molecule has 2 bridgehead atoms. The quantitative estimate of drug-likeness (QED) is 0.350. The summed E-state index contributed by atoms with van der Waals surface area (Å²) in [6.45, 7) is 6.13. The predicted octanol–water partition coefficient (Wildman–Crippen LogP) is 0.0595. The monoisotopic (exact) mass is 180 g/mol. The van der Waals surface area contributed by atoms with E-state index >= 15 is 0 Å². The molecule has 2 rings (SSSR count). The van der Waals surface area contributed by atoms with Crippen LogP contribution in [0.5, 0.6) is 0 Å². The standard InChI is InChI=1S/C9H12N2O2/c1-2-3-13-10-8-5-11-4-7(8)9(12)6-11/h2,7H,1,3-6H2. The van der Waals surface area contributed by atoms with Gasteiger partial charge in [-0.3, -0.25) is 9.69 Å². The molecule has 2 saturated heterocycles. The average molecular weight is 180 g/mol. The number of Topliss-reactive ketones (excluding diaryl/α,β-unsaturated/α-hetero) is 1. The molecule has 2 aliphatic heterocycles. The van der Waals surface area contributed by atoms with Crippen molar-refractivity contribution in [2.24, 2.45) is 11.1 Å². The Hall–Kier alpha value is -1.16. The number of fused-ring (bicyclic) bond motifs is 2. The maximum atomic E-state index is 11.3. The van der Waals surface area contributed by atoms with Gasteiger partial charge in [0.1, 0.15) is 6.61 Å². The summed E-state index contributed by atoms with van der Waals surface area (Å²) in [5.74, 6) is 0.275. The second-order valence-corrected chi connectivity index (χ2v) is 3.36. The number of hydrogen-bond acceptors (Lipinski definition) is 4. The van der Waals surface area contributed by atoms with Crippen molar-refractivity contribution in [1.82, 2.24) is 4.90 Å². The summed E-state index contributed by atoms with van der Waals surface area (Å²) < 4.78 is 0. The number of piperidine rings is 1. The highest BCUT2D eigenvalue weighted by atomic mass is 16.6. The summed E-state index contributed by atoms with van der Waals surface area (Å²) in [6.07, 6.45) is 1.64. The fourth-order valence-electron chi connectivity index (χ4n) is 1.77. The molecule has 2 heterocycles. The van der Waals surface area contributed by atoms with E-state index in [9.17, 15) is 4.79 Å². The zero-order valence-electron chi connectivity index (χ0n) is 7.40. The number of oxime groups is 1. The van der Waals surface area contributed by atoms with Crippen LogP contribution in [0, 0.1) is 5.92 Å². The van der Waals surface area contributed by atoms with E-state index in [4.69, 9.17) is 4.84 Å². The predicted molar refractivity (Wildman–Crippen MR) is 48.5 cm³/mol. The van der Waals surface area contributed by atoms with Crippen LogP contribution in [0.15, 0.2) is 17.8 Å². The Kier molecular flexibility index (Phi) is 2.14. The highest BCUT2D eigenvalue weighted by Gasteiger charge is 2.42. The lowest BCUT2D eigenvalue weighted by molar-refractivity contribution is -0.118. The molecule has 0 aromatic carbocycles. The molecule has 13 heavy (non-hydrogen) atoms. The average Bonchev–Trinajstić information content (AvgIpc) is 2.63. The van der Waals surface area contributed by atoms with Gasteiger partial charge in [0.05, 0.1) is 18.2 Å². The van der Waals surface area contributed by atoms with Crippen LogP contribution in [0.3, 0.4) is 0 Å². The lowest BCUT2D eigenvalue weighted by Crippen LogP contribution is -2.31. The van der Waals surface area contributed by atoms with Crippen LogP contribution in [0.4, 0.5) is 0 Å².